The number of Topliss-reactive ketones (excluding diaryl/α,β-unsaturated/α-hetero) is 1. The van der Waals surface area contributed by atoms with Crippen LogP contribution in [0.15, 0.2) is 30.3 Å². The number of ketones is 1. The standard InChI is InChI=1S/C14H19NO/c16-14(10-12-4-2-1-3-5-12)11-13-6-8-15-9-7-13/h1-5,13,15H,6-11H2. The maximum atomic E-state index is 11.9. The zero-order valence-corrected chi connectivity index (χ0v) is 9.61. The second-order valence-electron chi connectivity index (χ2n) is 4.60. The third-order valence-corrected chi connectivity index (χ3v) is 3.22. The smallest absolute Gasteiger partial charge is 0.137 e. The molecule has 2 rings (SSSR count). The number of nitrogens with one attached hydrogen (secondary N) is 1. The Bertz CT molecular complexity index is 328. The lowest BCUT2D eigenvalue weighted by molar-refractivity contribution is -0.119. The first-order valence-corrected chi connectivity index (χ1v) is 6.11. The lowest BCUT2D eigenvalue weighted by Gasteiger charge is -2.21. The summed E-state index contributed by atoms with van der Waals surface area (Å²) < 4.78 is 0. The van der Waals surface area contributed by atoms with E-state index in [-0.39, 0.29) is 0 Å². The molecule has 0 unspecified atom stereocenters. The first-order valence-electron chi connectivity index (χ1n) is 6.11. The van der Waals surface area contributed by atoms with Crippen LogP contribution in [-0.2, 0) is 11.2 Å². The lowest BCUT2D eigenvalue weighted by Crippen LogP contribution is -2.29. The molecule has 0 aliphatic carbocycles. The van der Waals surface area contributed by atoms with Gasteiger partial charge in [0.1, 0.15) is 5.78 Å². The molecule has 1 aromatic rings. The van der Waals surface area contributed by atoms with Crippen LogP contribution in [0.1, 0.15) is 24.8 Å². The molecule has 1 aliphatic heterocycles. The van der Waals surface area contributed by atoms with E-state index in [4.69, 9.17) is 0 Å². The van der Waals surface area contributed by atoms with Gasteiger partial charge in [-0.15, -0.1) is 0 Å². The van der Waals surface area contributed by atoms with Gasteiger partial charge in [0.2, 0.25) is 0 Å². The molecule has 0 bridgehead atoms. The van der Waals surface area contributed by atoms with Crippen molar-refractivity contribution in [2.45, 2.75) is 25.7 Å². The molecule has 0 aromatic heterocycles. The van der Waals surface area contributed by atoms with Crippen LogP contribution in [0.4, 0.5) is 0 Å². The first-order chi connectivity index (χ1) is 7.84. The zero-order valence-electron chi connectivity index (χ0n) is 9.61. The highest BCUT2D eigenvalue weighted by molar-refractivity contribution is 5.81. The summed E-state index contributed by atoms with van der Waals surface area (Å²) in [5, 5.41) is 3.33. The molecule has 0 radical (unpaired) electrons. The SMILES string of the molecule is O=C(Cc1ccccc1)CC1CCNCC1. The Balaban J connectivity index is 1.80. The molecular formula is C14H19NO. The Morgan fingerprint density at radius 3 is 2.56 bits per heavy atom. The highest BCUT2D eigenvalue weighted by atomic mass is 16.1. The molecule has 1 heterocycles. The quantitative estimate of drug-likeness (QED) is 0.837. The van der Waals surface area contributed by atoms with Gasteiger partial charge in [0, 0.05) is 12.8 Å². The fourth-order valence-electron chi connectivity index (χ4n) is 2.30. The summed E-state index contributed by atoms with van der Waals surface area (Å²) in [5.41, 5.74) is 1.14. The lowest BCUT2D eigenvalue weighted by atomic mass is 9.91. The van der Waals surface area contributed by atoms with E-state index in [0.717, 1.165) is 37.9 Å². The fraction of sp³-hybridized carbons (Fsp3) is 0.500. The van der Waals surface area contributed by atoms with E-state index < -0.39 is 0 Å². The van der Waals surface area contributed by atoms with Gasteiger partial charge in [-0.3, -0.25) is 4.79 Å². The van der Waals surface area contributed by atoms with Gasteiger partial charge < -0.3 is 5.32 Å². The Morgan fingerprint density at radius 2 is 1.88 bits per heavy atom. The number of carbonyl (C=O) groups excluding carboxylic acids is 1. The first kappa shape index (κ1) is 11.3. The molecule has 0 spiro atoms. The Kier molecular flexibility index (Phi) is 4.11. The van der Waals surface area contributed by atoms with E-state index in [1.807, 2.05) is 30.3 Å². The van der Waals surface area contributed by atoms with E-state index in [1.54, 1.807) is 0 Å². The predicted octanol–water partition coefficient (Wildman–Crippen LogP) is 2.19. The molecule has 0 atom stereocenters. The molecule has 0 saturated carbocycles. The highest BCUT2D eigenvalue weighted by Gasteiger charge is 2.16. The number of hydrogen-bond donors (Lipinski definition) is 1. The summed E-state index contributed by atoms with van der Waals surface area (Å²) in [7, 11) is 0. The van der Waals surface area contributed by atoms with Crippen molar-refractivity contribution >= 4 is 5.78 Å². The van der Waals surface area contributed by atoms with Crippen molar-refractivity contribution in [1.82, 2.24) is 5.32 Å². The highest BCUT2D eigenvalue weighted by Crippen LogP contribution is 2.17. The molecular weight excluding hydrogens is 198 g/mol. The molecule has 2 nitrogen and oxygen atoms in total. The van der Waals surface area contributed by atoms with Gasteiger partial charge in [-0.1, -0.05) is 30.3 Å². The maximum absolute atomic E-state index is 11.9. The van der Waals surface area contributed by atoms with Crippen molar-refractivity contribution in [3.8, 4) is 0 Å². The van der Waals surface area contributed by atoms with Crippen LogP contribution in [0.3, 0.4) is 0 Å². The maximum Gasteiger partial charge on any atom is 0.137 e. The normalized spacial score (nSPS) is 17.2. The summed E-state index contributed by atoms with van der Waals surface area (Å²) in [4.78, 5) is 11.9. The number of carbonyl (C=O) groups is 1. The van der Waals surface area contributed by atoms with Crippen molar-refractivity contribution in [3.63, 3.8) is 0 Å². The van der Waals surface area contributed by atoms with Gasteiger partial charge in [-0.2, -0.15) is 0 Å². The summed E-state index contributed by atoms with van der Waals surface area (Å²) in [6.07, 6.45) is 3.67. The minimum atomic E-state index is 0.387. The zero-order chi connectivity index (χ0) is 11.2. The van der Waals surface area contributed by atoms with Crippen LogP contribution in [0.2, 0.25) is 0 Å². The van der Waals surface area contributed by atoms with Crippen LogP contribution in [0.5, 0.6) is 0 Å². The van der Waals surface area contributed by atoms with Crippen molar-refractivity contribution in [2.24, 2.45) is 5.92 Å². The van der Waals surface area contributed by atoms with Crippen molar-refractivity contribution in [2.75, 3.05) is 13.1 Å². The van der Waals surface area contributed by atoms with E-state index in [0.29, 0.717) is 18.1 Å². The third kappa shape index (κ3) is 3.46. The van der Waals surface area contributed by atoms with E-state index in [9.17, 15) is 4.79 Å². The van der Waals surface area contributed by atoms with Gasteiger partial charge in [0.05, 0.1) is 0 Å². The third-order valence-electron chi connectivity index (χ3n) is 3.22. The van der Waals surface area contributed by atoms with Gasteiger partial charge >= 0.3 is 0 Å². The van der Waals surface area contributed by atoms with Crippen LogP contribution in [-0.4, -0.2) is 18.9 Å². The second-order valence-corrected chi connectivity index (χ2v) is 4.60. The number of piperidine rings is 1. The molecule has 1 N–H and O–H groups in total. The summed E-state index contributed by atoms with van der Waals surface area (Å²) in [6.45, 7) is 2.15. The van der Waals surface area contributed by atoms with Crippen molar-refractivity contribution in [1.29, 1.82) is 0 Å². The van der Waals surface area contributed by atoms with Crippen LogP contribution >= 0.6 is 0 Å². The molecule has 16 heavy (non-hydrogen) atoms. The molecule has 1 aliphatic rings. The van der Waals surface area contributed by atoms with E-state index in [1.165, 1.54) is 0 Å². The van der Waals surface area contributed by atoms with Crippen LogP contribution in [0, 0.1) is 5.92 Å². The number of benzene rings is 1. The fourth-order valence-corrected chi connectivity index (χ4v) is 2.30. The molecule has 86 valence electrons. The average molecular weight is 217 g/mol. The molecule has 0 amide bonds. The molecule has 1 aromatic carbocycles. The van der Waals surface area contributed by atoms with Crippen molar-refractivity contribution < 1.29 is 4.79 Å². The summed E-state index contributed by atoms with van der Waals surface area (Å²) >= 11 is 0. The Morgan fingerprint density at radius 1 is 1.19 bits per heavy atom. The van der Waals surface area contributed by atoms with E-state index in [2.05, 4.69) is 5.32 Å². The Hall–Kier alpha value is -1.15. The monoisotopic (exact) mass is 217 g/mol. The van der Waals surface area contributed by atoms with Crippen LogP contribution in [0.25, 0.3) is 0 Å². The van der Waals surface area contributed by atoms with E-state index >= 15 is 0 Å². The number of rotatable bonds is 4. The molecule has 1 saturated heterocycles. The second kappa shape index (κ2) is 5.80. The molecule has 1 fully saturated rings. The van der Waals surface area contributed by atoms with Gasteiger partial charge in [-0.05, 0) is 37.4 Å². The largest absolute Gasteiger partial charge is 0.317 e. The topological polar surface area (TPSA) is 29.1 Å². The van der Waals surface area contributed by atoms with Gasteiger partial charge in [0.15, 0.2) is 0 Å². The Labute approximate surface area is 97.1 Å². The van der Waals surface area contributed by atoms with Gasteiger partial charge in [0.25, 0.3) is 0 Å². The minimum absolute atomic E-state index is 0.387. The van der Waals surface area contributed by atoms with Crippen molar-refractivity contribution in [3.05, 3.63) is 35.9 Å². The molecule has 2 heteroatoms. The average Bonchev–Trinajstić information content (AvgIpc) is 2.31. The minimum Gasteiger partial charge on any atom is -0.317 e. The number of hydrogen-bond acceptors (Lipinski definition) is 2. The van der Waals surface area contributed by atoms with Crippen LogP contribution < -0.4 is 5.32 Å². The van der Waals surface area contributed by atoms with Gasteiger partial charge in [-0.25, -0.2) is 0 Å². The summed E-state index contributed by atoms with van der Waals surface area (Å²) in [6, 6.07) is 10.0. The summed E-state index contributed by atoms with van der Waals surface area (Å²) in [5.74, 6) is 0.996. The predicted molar refractivity (Wildman–Crippen MR) is 65.4 cm³/mol.